The molecule has 7 rings (SSSR count). The standard InChI is InChI=1S/C38H35F3N6O7S/c1-43-33-32(34(49)44(2)37(43)52)45(22-42-33)16-6-3-7-17-46-21-29(36(50)51)47-30(48)20-26(18-24-12-8-11-23-10-4-5-15-28(23)24)31(35(47)55(46,53)54)25-13-9-14-27(19-25)38(39,40)41/h4-5,8-15,19-20,22,29H,3,6-7,16-18,21H2,1-2H3,(H,50,51). The number of aryl methyl sites for hydroxylation is 2. The highest BCUT2D eigenvalue weighted by molar-refractivity contribution is 7.89. The van der Waals surface area contributed by atoms with Gasteiger partial charge in [-0.05, 0) is 58.9 Å². The summed E-state index contributed by atoms with van der Waals surface area (Å²) in [5.74, 6) is -1.48. The van der Waals surface area contributed by atoms with Crippen molar-refractivity contribution >= 4 is 37.9 Å². The molecule has 0 amide bonds. The van der Waals surface area contributed by atoms with Crippen LogP contribution in [-0.2, 0) is 48.1 Å². The first-order chi connectivity index (χ1) is 26.1. The van der Waals surface area contributed by atoms with E-state index in [9.17, 15) is 45.9 Å². The van der Waals surface area contributed by atoms with E-state index in [1.165, 1.54) is 31.1 Å². The first-order valence-corrected chi connectivity index (χ1v) is 18.8. The van der Waals surface area contributed by atoms with Crippen LogP contribution in [0, 0.1) is 0 Å². The number of aromatic nitrogens is 5. The van der Waals surface area contributed by atoms with Gasteiger partial charge in [-0.2, -0.15) is 17.5 Å². The highest BCUT2D eigenvalue weighted by atomic mass is 32.2. The molecule has 1 aliphatic rings. The van der Waals surface area contributed by atoms with Gasteiger partial charge in [-0.1, -0.05) is 61.0 Å². The summed E-state index contributed by atoms with van der Waals surface area (Å²) in [5, 5.41) is 11.3. The van der Waals surface area contributed by atoms with Crippen molar-refractivity contribution < 1.29 is 31.5 Å². The highest BCUT2D eigenvalue weighted by Crippen LogP contribution is 2.40. The Morgan fingerprint density at radius 1 is 0.891 bits per heavy atom. The molecule has 286 valence electrons. The van der Waals surface area contributed by atoms with E-state index in [0.717, 1.165) is 43.9 Å². The van der Waals surface area contributed by atoms with Crippen LogP contribution >= 0.6 is 0 Å². The van der Waals surface area contributed by atoms with Gasteiger partial charge in [0.25, 0.3) is 21.1 Å². The van der Waals surface area contributed by atoms with Gasteiger partial charge in [0.1, 0.15) is 6.04 Å². The Bertz CT molecular complexity index is 2800. The molecule has 55 heavy (non-hydrogen) atoms. The number of nitrogens with zero attached hydrogens (tertiary/aromatic N) is 6. The number of benzene rings is 3. The van der Waals surface area contributed by atoms with Gasteiger partial charge in [-0.3, -0.25) is 23.3 Å². The lowest BCUT2D eigenvalue weighted by atomic mass is 9.93. The van der Waals surface area contributed by atoms with E-state index in [-0.39, 0.29) is 47.2 Å². The average molecular weight is 777 g/mol. The monoisotopic (exact) mass is 776 g/mol. The maximum absolute atomic E-state index is 14.6. The molecule has 0 saturated heterocycles. The zero-order valence-electron chi connectivity index (χ0n) is 29.7. The molecular weight excluding hydrogens is 742 g/mol. The number of hydrogen-bond acceptors (Lipinski definition) is 7. The number of carboxylic acids is 1. The maximum Gasteiger partial charge on any atom is 0.416 e. The molecule has 0 fully saturated rings. The van der Waals surface area contributed by atoms with Crippen LogP contribution in [-0.4, -0.2) is 60.1 Å². The van der Waals surface area contributed by atoms with Gasteiger partial charge >= 0.3 is 17.8 Å². The van der Waals surface area contributed by atoms with Crippen molar-refractivity contribution in [1.29, 1.82) is 0 Å². The molecule has 0 saturated carbocycles. The number of alkyl halides is 3. The first kappa shape index (κ1) is 37.5. The van der Waals surface area contributed by atoms with E-state index in [4.69, 9.17) is 0 Å². The molecule has 17 heteroatoms. The minimum Gasteiger partial charge on any atom is -0.480 e. The quantitative estimate of drug-likeness (QED) is 0.199. The Balaban J connectivity index is 1.27. The van der Waals surface area contributed by atoms with E-state index in [1.54, 1.807) is 16.7 Å². The smallest absolute Gasteiger partial charge is 0.416 e. The number of carbonyl (C=O) groups is 1. The SMILES string of the molecule is Cn1c(=O)c2c(ncn2CCCCCN2CC(C(=O)O)n3c(c(-c4cccc(C(F)(F)F)c4)c(Cc4cccc5ccccc45)cc3=O)S2(=O)=O)n(C)c1=O. The van der Waals surface area contributed by atoms with Gasteiger partial charge in [0.05, 0.1) is 11.9 Å². The lowest BCUT2D eigenvalue weighted by Crippen LogP contribution is -2.50. The van der Waals surface area contributed by atoms with E-state index < -0.39 is 62.2 Å². The fourth-order valence-corrected chi connectivity index (χ4v) is 9.28. The highest BCUT2D eigenvalue weighted by Gasteiger charge is 2.43. The second-order valence-electron chi connectivity index (χ2n) is 13.5. The number of sulfonamides is 1. The van der Waals surface area contributed by atoms with Gasteiger partial charge in [-0.25, -0.2) is 23.0 Å². The van der Waals surface area contributed by atoms with E-state index >= 15 is 0 Å². The third-order valence-electron chi connectivity index (χ3n) is 10.1. The van der Waals surface area contributed by atoms with Gasteiger partial charge < -0.3 is 9.67 Å². The fourth-order valence-electron chi connectivity index (χ4n) is 7.36. The first-order valence-electron chi connectivity index (χ1n) is 17.4. The summed E-state index contributed by atoms with van der Waals surface area (Å²) in [6.45, 7) is -0.424. The molecular formula is C38H35F3N6O7S. The Morgan fingerprint density at radius 2 is 1.60 bits per heavy atom. The second kappa shape index (κ2) is 14.1. The second-order valence-corrected chi connectivity index (χ2v) is 15.4. The minimum atomic E-state index is -4.78. The molecule has 6 aromatic rings. The van der Waals surface area contributed by atoms with E-state index in [0.29, 0.717) is 29.5 Å². The lowest BCUT2D eigenvalue weighted by Gasteiger charge is -2.35. The Labute approximate surface area is 311 Å². The molecule has 1 atom stereocenters. The zero-order valence-corrected chi connectivity index (χ0v) is 30.5. The number of unbranched alkanes of at least 4 members (excludes halogenated alkanes) is 2. The topological polar surface area (TPSA) is 158 Å². The third-order valence-corrected chi connectivity index (χ3v) is 12.0. The molecule has 0 bridgehead atoms. The largest absolute Gasteiger partial charge is 0.480 e. The predicted molar refractivity (Wildman–Crippen MR) is 197 cm³/mol. The summed E-state index contributed by atoms with van der Waals surface area (Å²) in [7, 11) is -1.81. The van der Waals surface area contributed by atoms with Gasteiger partial charge in [0.15, 0.2) is 16.2 Å². The summed E-state index contributed by atoms with van der Waals surface area (Å²) in [6, 6.07) is 16.4. The van der Waals surface area contributed by atoms with Crippen LogP contribution in [0.5, 0.6) is 0 Å². The molecule has 1 aliphatic heterocycles. The Morgan fingerprint density at radius 3 is 2.35 bits per heavy atom. The van der Waals surface area contributed by atoms with Crippen molar-refractivity contribution in [3.8, 4) is 11.1 Å². The number of aliphatic carboxylic acids is 1. The Hall–Kier alpha value is -5.81. The number of imidazole rings is 1. The summed E-state index contributed by atoms with van der Waals surface area (Å²) in [6.07, 6.45) is -2.26. The predicted octanol–water partition coefficient (Wildman–Crippen LogP) is 4.53. The van der Waals surface area contributed by atoms with Crippen molar-refractivity contribution in [3.63, 3.8) is 0 Å². The average Bonchev–Trinajstić information content (AvgIpc) is 3.57. The van der Waals surface area contributed by atoms with Crippen LogP contribution in [0.15, 0.2) is 98.5 Å². The number of halogens is 3. The molecule has 0 spiro atoms. The van der Waals surface area contributed by atoms with Gasteiger partial charge in [0.2, 0.25) is 0 Å². The number of hydrogen-bond donors (Lipinski definition) is 1. The summed E-state index contributed by atoms with van der Waals surface area (Å²) < 4.78 is 76.8. The number of pyridine rings is 1. The fraction of sp³-hybridized carbons (Fsp3) is 0.289. The van der Waals surface area contributed by atoms with Crippen LogP contribution in [0.2, 0.25) is 0 Å². The summed E-state index contributed by atoms with van der Waals surface area (Å²) in [4.78, 5) is 55.9. The van der Waals surface area contributed by atoms with Crippen LogP contribution in [0.1, 0.15) is 42.0 Å². The molecule has 1 unspecified atom stereocenters. The molecule has 1 N–H and O–H groups in total. The van der Waals surface area contributed by atoms with Crippen molar-refractivity contribution in [2.24, 2.45) is 14.1 Å². The van der Waals surface area contributed by atoms with Crippen LogP contribution in [0.25, 0.3) is 33.1 Å². The van der Waals surface area contributed by atoms with E-state index in [2.05, 4.69) is 4.98 Å². The van der Waals surface area contributed by atoms with Crippen molar-refractivity contribution in [2.75, 3.05) is 13.1 Å². The van der Waals surface area contributed by atoms with Gasteiger partial charge in [-0.15, -0.1) is 0 Å². The molecule has 3 aromatic heterocycles. The van der Waals surface area contributed by atoms with Crippen LogP contribution < -0.4 is 16.8 Å². The van der Waals surface area contributed by atoms with Crippen LogP contribution in [0.3, 0.4) is 0 Å². The zero-order chi connectivity index (χ0) is 39.4. The Kier molecular flexibility index (Phi) is 9.63. The number of carboxylic acid groups (broad SMARTS) is 1. The number of rotatable bonds is 10. The molecule has 13 nitrogen and oxygen atoms in total. The maximum atomic E-state index is 14.6. The molecule has 0 radical (unpaired) electrons. The van der Waals surface area contributed by atoms with Crippen molar-refractivity contribution in [2.45, 2.75) is 49.5 Å². The third kappa shape index (κ3) is 6.67. The van der Waals surface area contributed by atoms with Crippen molar-refractivity contribution in [1.82, 2.24) is 27.6 Å². The summed E-state index contributed by atoms with van der Waals surface area (Å²) >= 11 is 0. The van der Waals surface area contributed by atoms with Crippen molar-refractivity contribution in [3.05, 3.63) is 127 Å². The molecule has 4 heterocycles. The molecule has 3 aromatic carbocycles. The summed E-state index contributed by atoms with van der Waals surface area (Å²) in [5.41, 5.74) is -2.06. The molecule has 0 aliphatic carbocycles. The van der Waals surface area contributed by atoms with Crippen LogP contribution in [0.4, 0.5) is 13.2 Å². The minimum absolute atomic E-state index is 0.0382. The lowest BCUT2D eigenvalue weighted by molar-refractivity contribution is -0.141. The van der Waals surface area contributed by atoms with E-state index in [1.807, 2.05) is 30.3 Å². The normalized spacial score (nSPS) is 15.8. The number of fused-ring (bicyclic) bond motifs is 3. The van der Waals surface area contributed by atoms with Gasteiger partial charge in [0, 0.05) is 45.4 Å².